The molecule has 0 saturated carbocycles. The van der Waals surface area contributed by atoms with Crippen LogP contribution >= 0.6 is 0 Å². The third kappa shape index (κ3) is 5.47. The summed E-state index contributed by atoms with van der Waals surface area (Å²) in [4.78, 5) is 37.9. The zero-order valence-corrected chi connectivity index (χ0v) is 15.1. The van der Waals surface area contributed by atoms with E-state index in [1.807, 2.05) is 37.3 Å². The van der Waals surface area contributed by atoms with Crippen LogP contribution in [0.4, 0.5) is 4.79 Å². The van der Waals surface area contributed by atoms with E-state index in [2.05, 4.69) is 5.32 Å². The van der Waals surface area contributed by atoms with Gasteiger partial charge in [0.2, 0.25) is 11.8 Å². The van der Waals surface area contributed by atoms with Gasteiger partial charge in [0.25, 0.3) is 0 Å². The molecule has 2 atom stereocenters. The lowest BCUT2D eigenvalue weighted by molar-refractivity contribution is -0.130. The lowest BCUT2D eigenvalue weighted by atomic mass is 10.1. The largest absolute Gasteiger partial charge is 0.445 e. The van der Waals surface area contributed by atoms with Crippen LogP contribution in [-0.2, 0) is 20.9 Å². The number of benzene rings is 1. The maximum atomic E-state index is 12.5. The van der Waals surface area contributed by atoms with Crippen LogP contribution in [0.25, 0.3) is 0 Å². The predicted molar refractivity (Wildman–Crippen MR) is 97.0 cm³/mol. The van der Waals surface area contributed by atoms with Gasteiger partial charge in [-0.3, -0.25) is 14.5 Å². The highest BCUT2D eigenvalue weighted by Crippen LogP contribution is 2.19. The second-order valence-electron chi connectivity index (χ2n) is 6.50. The summed E-state index contributed by atoms with van der Waals surface area (Å²) in [5, 5.41) is 2.69. The number of hydrogen-bond donors (Lipinski definition) is 2. The van der Waals surface area contributed by atoms with Crippen molar-refractivity contribution in [2.45, 2.75) is 57.7 Å². The van der Waals surface area contributed by atoms with Crippen LogP contribution < -0.4 is 11.1 Å². The molecule has 1 aliphatic rings. The molecular formula is C19H27N3O4. The normalized spacial score (nSPS) is 17.6. The number of ether oxygens (including phenoxy) is 1. The molecule has 0 radical (unpaired) electrons. The number of nitrogens with two attached hydrogens (primary N) is 1. The Morgan fingerprint density at radius 3 is 2.69 bits per heavy atom. The molecule has 0 aromatic heterocycles. The Bertz CT molecular complexity index is 620. The maximum Gasteiger partial charge on any atom is 0.410 e. The van der Waals surface area contributed by atoms with Crippen molar-refractivity contribution in [3.63, 3.8) is 0 Å². The molecule has 1 heterocycles. The second-order valence-corrected chi connectivity index (χ2v) is 6.50. The van der Waals surface area contributed by atoms with Crippen LogP contribution in [0.5, 0.6) is 0 Å². The number of primary amides is 1. The molecule has 2 rings (SSSR count). The maximum absolute atomic E-state index is 12.5. The molecule has 1 aliphatic heterocycles. The van der Waals surface area contributed by atoms with Gasteiger partial charge in [-0.2, -0.15) is 0 Å². The van der Waals surface area contributed by atoms with Gasteiger partial charge in [0.1, 0.15) is 18.7 Å². The molecule has 3 amide bonds. The smallest absolute Gasteiger partial charge is 0.410 e. The Hall–Kier alpha value is -2.57. The fraction of sp³-hybridized carbons (Fsp3) is 0.526. The second kappa shape index (κ2) is 9.79. The number of rotatable bonds is 8. The summed E-state index contributed by atoms with van der Waals surface area (Å²) in [6, 6.07) is 8.04. The van der Waals surface area contributed by atoms with Crippen molar-refractivity contribution in [2.24, 2.45) is 5.73 Å². The fourth-order valence-corrected chi connectivity index (χ4v) is 3.02. The molecule has 0 aliphatic carbocycles. The molecule has 142 valence electrons. The van der Waals surface area contributed by atoms with Gasteiger partial charge in [0.05, 0.1) is 0 Å². The Kier molecular flexibility index (Phi) is 7.44. The summed E-state index contributed by atoms with van der Waals surface area (Å²) in [5.41, 5.74) is 6.26. The van der Waals surface area contributed by atoms with E-state index in [1.54, 1.807) is 0 Å². The summed E-state index contributed by atoms with van der Waals surface area (Å²) >= 11 is 0. The van der Waals surface area contributed by atoms with Gasteiger partial charge in [-0.1, -0.05) is 50.1 Å². The van der Waals surface area contributed by atoms with Crippen molar-refractivity contribution < 1.29 is 19.1 Å². The van der Waals surface area contributed by atoms with E-state index in [1.165, 1.54) is 4.90 Å². The average Bonchev–Trinajstić information content (AvgIpc) is 3.13. The van der Waals surface area contributed by atoms with Crippen LogP contribution in [0.15, 0.2) is 30.3 Å². The van der Waals surface area contributed by atoms with Crippen LogP contribution in [0.1, 0.15) is 44.6 Å². The third-order valence-electron chi connectivity index (χ3n) is 4.50. The summed E-state index contributed by atoms with van der Waals surface area (Å²) in [7, 11) is 0. The van der Waals surface area contributed by atoms with Gasteiger partial charge in [-0.25, -0.2) is 4.79 Å². The lowest BCUT2D eigenvalue weighted by Crippen LogP contribution is -2.52. The fourth-order valence-electron chi connectivity index (χ4n) is 3.02. The first kappa shape index (κ1) is 19.8. The minimum atomic E-state index is -0.703. The van der Waals surface area contributed by atoms with E-state index in [4.69, 9.17) is 10.5 Å². The number of amides is 3. The van der Waals surface area contributed by atoms with Gasteiger partial charge in [-0.05, 0) is 24.8 Å². The molecule has 0 bridgehead atoms. The monoisotopic (exact) mass is 361 g/mol. The molecule has 3 N–H and O–H groups in total. The number of carbonyl (C=O) groups is 3. The number of hydrogen-bond acceptors (Lipinski definition) is 4. The molecule has 1 fully saturated rings. The molecule has 0 unspecified atom stereocenters. The molecule has 0 spiro atoms. The number of carbonyl (C=O) groups excluding carboxylic acids is 3. The minimum Gasteiger partial charge on any atom is -0.445 e. The van der Waals surface area contributed by atoms with Crippen LogP contribution in [-0.4, -0.2) is 41.4 Å². The quantitative estimate of drug-likeness (QED) is 0.739. The Morgan fingerprint density at radius 1 is 1.31 bits per heavy atom. The molecule has 1 saturated heterocycles. The molecule has 7 heteroatoms. The lowest BCUT2D eigenvalue weighted by Gasteiger charge is -2.25. The Balaban J connectivity index is 1.91. The predicted octanol–water partition coefficient (Wildman–Crippen LogP) is 1.95. The standard InChI is InChI=1S/C19H27N3O4/c1-2-3-10-15(17(20)23)21-18(24)16-11-7-12-22(16)19(25)26-13-14-8-5-4-6-9-14/h4-6,8-9,15-16H,2-3,7,10-13H2,1H3,(H2,20,23)(H,21,24)/t15-,16-/m1/s1. The topological polar surface area (TPSA) is 102 Å². The van der Waals surface area contributed by atoms with Crippen LogP contribution in [0.2, 0.25) is 0 Å². The van der Waals surface area contributed by atoms with E-state index in [0.717, 1.165) is 18.4 Å². The van der Waals surface area contributed by atoms with Gasteiger partial charge in [-0.15, -0.1) is 0 Å². The van der Waals surface area contributed by atoms with Gasteiger partial charge in [0, 0.05) is 6.54 Å². The average molecular weight is 361 g/mol. The van der Waals surface area contributed by atoms with E-state index < -0.39 is 24.1 Å². The first-order valence-corrected chi connectivity index (χ1v) is 9.10. The third-order valence-corrected chi connectivity index (χ3v) is 4.50. The highest BCUT2D eigenvalue weighted by molar-refractivity contribution is 5.91. The SMILES string of the molecule is CCCC[C@@H](NC(=O)[C@H]1CCCN1C(=O)OCc1ccccc1)C(N)=O. The van der Waals surface area contributed by atoms with Crippen molar-refractivity contribution in [2.75, 3.05) is 6.54 Å². The van der Waals surface area contributed by atoms with Crippen molar-refractivity contribution in [3.05, 3.63) is 35.9 Å². The van der Waals surface area contributed by atoms with Gasteiger partial charge >= 0.3 is 6.09 Å². The summed E-state index contributed by atoms with van der Waals surface area (Å²) in [5.74, 6) is -0.901. The number of nitrogens with zero attached hydrogens (tertiary/aromatic N) is 1. The molecule has 1 aromatic rings. The Morgan fingerprint density at radius 2 is 2.04 bits per heavy atom. The van der Waals surface area contributed by atoms with E-state index >= 15 is 0 Å². The van der Waals surface area contributed by atoms with Crippen LogP contribution in [0.3, 0.4) is 0 Å². The first-order chi connectivity index (χ1) is 12.5. The highest BCUT2D eigenvalue weighted by Gasteiger charge is 2.36. The van der Waals surface area contributed by atoms with E-state index in [9.17, 15) is 14.4 Å². The molecule has 7 nitrogen and oxygen atoms in total. The van der Waals surface area contributed by atoms with Crippen molar-refractivity contribution in [1.29, 1.82) is 0 Å². The summed E-state index contributed by atoms with van der Waals surface area (Å²) < 4.78 is 5.33. The van der Waals surface area contributed by atoms with Crippen LogP contribution in [0, 0.1) is 0 Å². The van der Waals surface area contributed by atoms with Gasteiger partial charge in [0.15, 0.2) is 0 Å². The molecular weight excluding hydrogens is 334 g/mol. The summed E-state index contributed by atoms with van der Waals surface area (Å²) in [6.45, 7) is 2.62. The molecule has 1 aromatic carbocycles. The van der Waals surface area contributed by atoms with E-state index in [-0.39, 0.29) is 12.5 Å². The minimum absolute atomic E-state index is 0.158. The first-order valence-electron chi connectivity index (χ1n) is 9.10. The van der Waals surface area contributed by atoms with E-state index in [0.29, 0.717) is 25.8 Å². The highest BCUT2D eigenvalue weighted by atomic mass is 16.6. The zero-order valence-electron chi connectivity index (χ0n) is 15.1. The van der Waals surface area contributed by atoms with Crippen molar-refractivity contribution in [1.82, 2.24) is 10.2 Å². The van der Waals surface area contributed by atoms with Crippen molar-refractivity contribution in [3.8, 4) is 0 Å². The zero-order chi connectivity index (χ0) is 18.9. The van der Waals surface area contributed by atoms with Crippen molar-refractivity contribution >= 4 is 17.9 Å². The molecule has 26 heavy (non-hydrogen) atoms. The van der Waals surface area contributed by atoms with Gasteiger partial charge < -0.3 is 15.8 Å². The Labute approximate surface area is 153 Å². The number of unbranched alkanes of at least 4 members (excludes halogenated alkanes) is 1. The summed E-state index contributed by atoms with van der Waals surface area (Å²) in [6.07, 6.45) is 2.95. The number of likely N-dealkylation sites (tertiary alicyclic amines) is 1. The number of nitrogens with one attached hydrogen (secondary N) is 1.